The summed E-state index contributed by atoms with van der Waals surface area (Å²) < 4.78 is 1.99. The van der Waals surface area contributed by atoms with E-state index in [9.17, 15) is 4.79 Å². The second-order valence-electron chi connectivity index (χ2n) is 5.18. The van der Waals surface area contributed by atoms with E-state index in [2.05, 4.69) is 17.6 Å². The molecule has 1 fully saturated rings. The van der Waals surface area contributed by atoms with Crippen LogP contribution in [-0.4, -0.2) is 23.6 Å². The molecule has 1 aromatic heterocycles. The number of nitrogens with one attached hydrogen (secondary N) is 2. The minimum Gasteiger partial charge on any atom is -0.357 e. The third-order valence-electron chi connectivity index (χ3n) is 3.60. The summed E-state index contributed by atoms with van der Waals surface area (Å²) >= 11 is 0. The zero-order valence-corrected chi connectivity index (χ0v) is 10.6. The van der Waals surface area contributed by atoms with Gasteiger partial charge in [0.2, 0.25) is 5.91 Å². The zero-order valence-electron chi connectivity index (χ0n) is 10.6. The number of aromatic nitrogens is 1. The molecule has 0 unspecified atom stereocenters. The van der Waals surface area contributed by atoms with Crippen molar-refractivity contribution in [3.05, 3.63) is 24.0 Å². The molecule has 1 aliphatic heterocycles. The predicted molar refractivity (Wildman–Crippen MR) is 67.5 cm³/mol. The van der Waals surface area contributed by atoms with Crippen LogP contribution in [0.3, 0.4) is 0 Å². The number of piperidine rings is 1. The summed E-state index contributed by atoms with van der Waals surface area (Å²) in [6, 6.07) is 2.03. The van der Waals surface area contributed by atoms with Gasteiger partial charge in [0.25, 0.3) is 0 Å². The van der Waals surface area contributed by atoms with Crippen LogP contribution in [0.15, 0.2) is 18.5 Å². The molecule has 2 heterocycles. The van der Waals surface area contributed by atoms with Crippen LogP contribution in [0.5, 0.6) is 0 Å². The molecule has 0 spiro atoms. The van der Waals surface area contributed by atoms with Gasteiger partial charge in [-0.15, -0.1) is 0 Å². The van der Waals surface area contributed by atoms with Crippen LogP contribution >= 0.6 is 0 Å². The first-order valence-corrected chi connectivity index (χ1v) is 6.20. The van der Waals surface area contributed by atoms with Crippen molar-refractivity contribution in [2.75, 3.05) is 13.1 Å². The number of aryl methyl sites for hydroxylation is 1. The minimum atomic E-state index is -0.194. The van der Waals surface area contributed by atoms with Crippen LogP contribution in [0, 0.1) is 5.41 Å². The lowest BCUT2D eigenvalue weighted by atomic mass is 9.80. The maximum absolute atomic E-state index is 12.2. The predicted octanol–water partition coefficient (Wildman–Crippen LogP) is 1.03. The maximum Gasteiger partial charge on any atom is 0.226 e. The summed E-state index contributed by atoms with van der Waals surface area (Å²) in [5.41, 5.74) is 0.957. The molecule has 2 N–H and O–H groups in total. The van der Waals surface area contributed by atoms with Gasteiger partial charge in [0.05, 0.1) is 0 Å². The van der Waals surface area contributed by atoms with E-state index in [-0.39, 0.29) is 11.3 Å². The van der Waals surface area contributed by atoms with Gasteiger partial charge in [0, 0.05) is 31.4 Å². The molecular weight excluding hydrogens is 214 g/mol. The van der Waals surface area contributed by atoms with E-state index in [4.69, 9.17) is 0 Å². The Labute approximate surface area is 102 Å². The van der Waals surface area contributed by atoms with Gasteiger partial charge in [-0.25, -0.2) is 0 Å². The lowest BCUT2D eigenvalue weighted by Crippen LogP contribution is -2.45. The highest BCUT2D eigenvalue weighted by atomic mass is 16.2. The van der Waals surface area contributed by atoms with Crippen molar-refractivity contribution < 1.29 is 4.79 Å². The molecule has 0 radical (unpaired) electrons. The third-order valence-corrected chi connectivity index (χ3v) is 3.60. The maximum atomic E-state index is 12.2. The number of amides is 1. The minimum absolute atomic E-state index is 0.183. The summed E-state index contributed by atoms with van der Waals surface area (Å²) in [6.45, 7) is 4.57. The van der Waals surface area contributed by atoms with Crippen LogP contribution in [0.1, 0.15) is 25.3 Å². The van der Waals surface area contributed by atoms with E-state index in [0.29, 0.717) is 6.54 Å². The van der Waals surface area contributed by atoms with E-state index < -0.39 is 0 Å². The van der Waals surface area contributed by atoms with E-state index in [1.54, 1.807) is 0 Å². The summed E-state index contributed by atoms with van der Waals surface area (Å²) in [5, 5.41) is 6.33. The molecule has 94 valence electrons. The summed E-state index contributed by atoms with van der Waals surface area (Å²) in [5.74, 6) is 0.183. The highest BCUT2D eigenvalue weighted by molar-refractivity contribution is 5.82. The lowest BCUT2D eigenvalue weighted by molar-refractivity contribution is -0.131. The van der Waals surface area contributed by atoms with Gasteiger partial charge in [0.15, 0.2) is 0 Å². The first kappa shape index (κ1) is 12.2. The lowest BCUT2D eigenvalue weighted by Gasteiger charge is -2.32. The number of nitrogens with zero attached hydrogens (tertiary/aromatic N) is 1. The highest BCUT2D eigenvalue weighted by Crippen LogP contribution is 2.27. The Kier molecular flexibility index (Phi) is 3.52. The summed E-state index contributed by atoms with van der Waals surface area (Å²) in [7, 11) is 1.99. The number of hydrogen-bond acceptors (Lipinski definition) is 2. The molecular formula is C13H21N3O. The smallest absolute Gasteiger partial charge is 0.226 e. The molecule has 17 heavy (non-hydrogen) atoms. The van der Waals surface area contributed by atoms with Crippen molar-refractivity contribution in [3.8, 4) is 0 Å². The Morgan fingerprint density at radius 1 is 1.53 bits per heavy atom. The number of carbonyl (C=O) groups excluding carboxylic acids is 1. The normalized spacial score (nSPS) is 18.9. The van der Waals surface area contributed by atoms with Crippen LogP contribution in [0.25, 0.3) is 0 Å². The average Bonchev–Trinajstić information content (AvgIpc) is 2.73. The molecule has 1 aromatic rings. The molecule has 1 amide bonds. The largest absolute Gasteiger partial charge is 0.357 e. The molecule has 0 bridgehead atoms. The van der Waals surface area contributed by atoms with E-state index >= 15 is 0 Å². The topological polar surface area (TPSA) is 46.1 Å². The number of carbonyl (C=O) groups is 1. The fourth-order valence-electron chi connectivity index (χ4n) is 2.27. The SMILES string of the molecule is Cn1ccc(CNC(=O)C2(C)CCNCC2)c1. The van der Waals surface area contributed by atoms with Crippen molar-refractivity contribution >= 4 is 5.91 Å². The van der Waals surface area contributed by atoms with E-state index in [0.717, 1.165) is 31.5 Å². The molecule has 0 aromatic carbocycles. The number of rotatable bonds is 3. The molecule has 0 saturated carbocycles. The Hall–Kier alpha value is -1.29. The van der Waals surface area contributed by atoms with Crippen molar-refractivity contribution in [2.45, 2.75) is 26.3 Å². The first-order valence-electron chi connectivity index (χ1n) is 6.20. The van der Waals surface area contributed by atoms with Crippen molar-refractivity contribution in [1.82, 2.24) is 15.2 Å². The van der Waals surface area contributed by atoms with Crippen LogP contribution < -0.4 is 10.6 Å². The van der Waals surface area contributed by atoms with Gasteiger partial charge in [-0.05, 0) is 37.6 Å². The zero-order chi connectivity index (χ0) is 12.3. The summed E-state index contributed by atoms with van der Waals surface area (Å²) in [6.07, 6.45) is 5.88. The van der Waals surface area contributed by atoms with Gasteiger partial charge < -0.3 is 15.2 Å². The third kappa shape index (κ3) is 2.88. The quantitative estimate of drug-likeness (QED) is 0.822. The molecule has 1 aliphatic rings. The van der Waals surface area contributed by atoms with Crippen LogP contribution in [-0.2, 0) is 18.4 Å². The van der Waals surface area contributed by atoms with E-state index in [1.165, 1.54) is 0 Å². The molecule has 0 atom stereocenters. The Bertz CT molecular complexity index is 391. The Morgan fingerprint density at radius 2 is 2.24 bits per heavy atom. The average molecular weight is 235 g/mol. The standard InChI is InChI=1S/C13H21N3O/c1-13(4-6-14-7-5-13)12(17)15-9-11-3-8-16(2)10-11/h3,8,10,14H,4-7,9H2,1-2H3,(H,15,17). The molecule has 2 rings (SSSR count). The Balaban J connectivity index is 1.88. The molecule has 1 saturated heterocycles. The number of hydrogen-bond donors (Lipinski definition) is 2. The van der Waals surface area contributed by atoms with Gasteiger partial charge in [0.1, 0.15) is 0 Å². The van der Waals surface area contributed by atoms with Gasteiger partial charge >= 0.3 is 0 Å². The fraction of sp³-hybridized carbons (Fsp3) is 0.615. The molecule has 4 nitrogen and oxygen atoms in total. The van der Waals surface area contributed by atoms with Crippen molar-refractivity contribution in [1.29, 1.82) is 0 Å². The second-order valence-corrected chi connectivity index (χ2v) is 5.18. The Morgan fingerprint density at radius 3 is 2.82 bits per heavy atom. The first-order chi connectivity index (χ1) is 8.10. The van der Waals surface area contributed by atoms with Crippen LogP contribution in [0.2, 0.25) is 0 Å². The van der Waals surface area contributed by atoms with Gasteiger partial charge in [-0.3, -0.25) is 4.79 Å². The van der Waals surface area contributed by atoms with Gasteiger partial charge in [-0.2, -0.15) is 0 Å². The van der Waals surface area contributed by atoms with E-state index in [1.807, 2.05) is 30.1 Å². The van der Waals surface area contributed by atoms with Crippen molar-refractivity contribution in [3.63, 3.8) is 0 Å². The molecule has 4 heteroatoms. The second kappa shape index (κ2) is 4.92. The van der Waals surface area contributed by atoms with Gasteiger partial charge in [-0.1, -0.05) is 6.92 Å². The monoisotopic (exact) mass is 235 g/mol. The van der Waals surface area contributed by atoms with Crippen molar-refractivity contribution in [2.24, 2.45) is 12.5 Å². The summed E-state index contributed by atoms with van der Waals surface area (Å²) in [4.78, 5) is 12.2. The fourth-order valence-corrected chi connectivity index (χ4v) is 2.27. The molecule has 0 aliphatic carbocycles. The highest BCUT2D eigenvalue weighted by Gasteiger charge is 2.34. The van der Waals surface area contributed by atoms with Crippen LogP contribution in [0.4, 0.5) is 0 Å².